The van der Waals surface area contributed by atoms with Crippen molar-refractivity contribution in [3.63, 3.8) is 0 Å². The molecule has 0 saturated heterocycles. The number of aromatic nitrogens is 7. The Morgan fingerprint density at radius 1 is 0.430 bits per heavy atom. The van der Waals surface area contributed by atoms with Crippen LogP contribution in [0.2, 0.25) is 0 Å². The average Bonchev–Trinajstić information content (AvgIpc) is 0.812. The summed E-state index contributed by atoms with van der Waals surface area (Å²) in [5.74, 6) is 3.81. The molecular weight excluding hydrogens is 1410 g/mol. The van der Waals surface area contributed by atoms with Gasteiger partial charge in [0.15, 0.2) is 17.5 Å². The molecule has 0 aliphatic rings. The Balaban J connectivity index is 0.000000256. The molecule has 0 aliphatic carbocycles. The van der Waals surface area contributed by atoms with Gasteiger partial charge in [-0.2, -0.15) is 15.8 Å². The Kier molecular flexibility index (Phi) is 31.0. The van der Waals surface area contributed by atoms with Crippen LogP contribution in [0.3, 0.4) is 0 Å². The van der Waals surface area contributed by atoms with Gasteiger partial charge in [0.25, 0.3) is 23.6 Å². The second-order valence-electron chi connectivity index (χ2n) is 30.4. The summed E-state index contributed by atoms with van der Waals surface area (Å²) in [4.78, 5) is 82.2. The van der Waals surface area contributed by atoms with Gasteiger partial charge >= 0.3 is 0 Å². The number of carbonyl (C=O) groups is 4. The minimum absolute atomic E-state index is 0.0453. The van der Waals surface area contributed by atoms with Crippen molar-refractivity contribution in [2.45, 2.75) is 124 Å². The van der Waals surface area contributed by atoms with Crippen LogP contribution in [-0.4, -0.2) is 127 Å². The molecule has 0 aliphatic heterocycles. The van der Waals surface area contributed by atoms with Gasteiger partial charge in [-0.3, -0.25) is 19.2 Å². The topological polar surface area (TPSA) is 357 Å². The number of hydrogen-bond acceptors (Lipinski definition) is 22. The number of halogens is 1. The maximum Gasteiger partial charge on any atom is 0.251 e. The van der Waals surface area contributed by atoms with Gasteiger partial charge in [-0.05, 0) is 142 Å². The molecule has 8 aromatic rings. The maximum atomic E-state index is 12.0. The van der Waals surface area contributed by atoms with Crippen LogP contribution in [0.1, 0.15) is 176 Å². The molecule has 107 heavy (non-hydrogen) atoms. The minimum Gasteiger partial charge on any atom is -0.373 e. The van der Waals surface area contributed by atoms with Gasteiger partial charge in [0.05, 0.1) is 5.69 Å². The Bertz CT molecular complexity index is 4590. The summed E-state index contributed by atoms with van der Waals surface area (Å²) in [7, 11) is 10.3. The number of nitrogens with zero attached hydrogens (tertiary/aromatic N) is 12. The third-order valence-electron chi connectivity index (χ3n) is 15.8. The summed E-state index contributed by atoms with van der Waals surface area (Å²) >= 11 is 3.56. The predicted molar refractivity (Wildman–Crippen MR) is 434 cm³/mol. The van der Waals surface area contributed by atoms with Gasteiger partial charge in [0, 0.05) is 126 Å². The van der Waals surface area contributed by atoms with Crippen LogP contribution in [0.4, 0.5) is 69.2 Å². The molecule has 0 spiro atoms. The van der Waals surface area contributed by atoms with Crippen LogP contribution in [0.25, 0.3) is 0 Å². The maximum absolute atomic E-state index is 12.0. The highest BCUT2D eigenvalue weighted by molar-refractivity contribution is 9.10. The lowest BCUT2D eigenvalue weighted by molar-refractivity contribution is 0.0955. The van der Waals surface area contributed by atoms with Crippen molar-refractivity contribution in [3.8, 4) is 18.2 Å². The second-order valence-corrected chi connectivity index (χ2v) is 31.2. The zero-order valence-electron chi connectivity index (χ0n) is 66.2. The first-order valence-corrected chi connectivity index (χ1v) is 35.8. The van der Waals surface area contributed by atoms with Gasteiger partial charge < -0.3 is 63.0 Å². The second kappa shape index (κ2) is 38.5. The molecule has 27 heteroatoms. The molecule has 4 aromatic heterocycles. The number of pyridine rings is 1. The molecule has 10 N–H and O–H groups in total. The van der Waals surface area contributed by atoms with Crippen LogP contribution in [-0.2, 0) is 6.42 Å². The first kappa shape index (κ1) is 86.1. The molecule has 4 amide bonds. The summed E-state index contributed by atoms with van der Waals surface area (Å²) in [6, 6.07) is 30.2. The Hall–Kier alpha value is -11.5. The van der Waals surface area contributed by atoms with E-state index in [1.54, 1.807) is 76.9 Å². The average molecular weight is 1520 g/mol. The number of nitriles is 3. The first-order chi connectivity index (χ1) is 50.2. The van der Waals surface area contributed by atoms with Crippen molar-refractivity contribution >= 4 is 109 Å². The smallest absolute Gasteiger partial charge is 0.251 e. The Morgan fingerprint density at radius 2 is 0.776 bits per heavy atom. The fourth-order valence-electron chi connectivity index (χ4n) is 10.4. The Morgan fingerprint density at radius 3 is 1.15 bits per heavy atom. The number of rotatable bonds is 21. The molecule has 26 nitrogen and oxygen atoms in total. The van der Waals surface area contributed by atoms with E-state index in [1.165, 1.54) is 12.7 Å². The summed E-state index contributed by atoms with van der Waals surface area (Å²) in [5, 5.41) is 59.2. The molecule has 566 valence electrons. The zero-order valence-corrected chi connectivity index (χ0v) is 67.7. The molecule has 0 unspecified atom stereocenters. The van der Waals surface area contributed by atoms with Crippen LogP contribution < -0.4 is 63.0 Å². The highest BCUT2D eigenvalue weighted by atomic mass is 79.9. The predicted octanol–water partition coefficient (Wildman–Crippen LogP) is 15.0. The number of aryl methyl sites for hydroxylation is 5. The quantitative estimate of drug-likeness (QED) is 0.0319. The summed E-state index contributed by atoms with van der Waals surface area (Å²) < 4.78 is 0.754. The van der Waals surface area contributed by atoms with Gasteiger partial charge in [-0.25, -0.2) is 34.9 Å². The van der Waals surface area contributed by atoms with Gasteiger partial charge in [0.1, 0.15) is 81.1 Å². The van der Waals surface area contributed by atoms with E-state index in [-0.39, 0.29) is 45.3 Å². The van der Waals surface area contributed by atoms with Crippen molar-refractivity contribution in [2.75, 3.05) is 110 Å². The van der Waals surface area contributed by atoms with Crippen LogP contribution in [0, 0.1) is 83.3 Å². The number of carbonyl (C=O) groups excluding carboxylic acids is 4. The molecule has 0 radical (unpaired) electrons. The number of amides is 4. The highest BCUT2D eigenvalue weighted by Crippen LogP contribution is 2.35. The minimum atomic E-state index is -0.177. The van der Waals surface area contributed by atoms with E-state index in [1.807, 2.05) is 90.0 Å². The van der Waals surface area contributed by atoms with Gasteiger partial charge in [0.2, 0.25) is 0 Å². The van der Waals surface area contributed by atoms with E-state index >= 15 is 0 Å². The molecule has 0 atom stereocenters. The fourth-order valence-corrected chi connectivity index (χ4v) is 10.8. The zero-order chi connectivity index (χ0) is 79.9. The van der Waals surface area contributed by atoms with E-state index in [0.29, 0.717) is 98.3 Å². The summed E-state index contributed by atoms with van der Waals surface area (Å²) in [6.45, 7) is 38.4. The van der Waals surface area contributed by atoms with Gasteiger partial charge in [-0.15, -0.1) is 0 Å². The number of nitrogens with one attached hydrogen (secondary N) is 10. The van der Waals surface area contributed by atoms with E-state index in [4.69, 9.17) is 0 Å². The lowest BCUT2D eigenvalue weighted by atomic mass is 9.96. The number of benzene rings is 4. The van der Waals surface area contributed by atoms with E-state index in [9.17, 15) is 35.0 Å². The molecule has 0 saturated carbocycles. The van der Waals surface area contributed by atoms with Crippen molar-refractivity contribution < 1.29 is 19.2 Å². The van der Waals surface area contributed by atoms with E-state index in [2.05, 4.69) is 210 Å². The van der Waals surface area contributed by atoms with Crippen LogP contribution in [0.15, 0.2) is 102 Å². The van der Waals surface area contributed by atoms with Crippen molar-refractivity contribution in [1.29, 1.82) is 15.8 Å². The summed E-state index contributed by atoms with van der Waals surface area (Å²) in [6.07, 6.45) is 5.26. The lowest BCUT2D eigenvalue weighted by Gasteiger charge is -2.29. The van der Waals surface area contributed by atoms with E-state index in [0.717, 1.165) is 74.9 Å². The Labute approximate surface area is 639 Å². The number of anilines is 12. The summed E-state index contributed by atoms with van der Waals surface area (Å²) in [5.41, 5.74) is 11.4. The molecule has 0 fully saturated rings. The highest BCUT2D eigenvalue weighted by Gasteiger charge is 2.25. The van der Waals surface area contributed by atoms with Crippen LogP contribution in [0.5, 0.6) is 0 Å². The monoisotopic (exact) mass is 1520 g/mol. The largest absolute Gasteiger partial charge is 0.373 e. The first-order valence-electron chi connectivity index (χ1n) is 35.0. The van der Waals surface area contributed by atoms with Crippen LogP contribution >= 0.6 is 15.9 Å². The lowest BCUT2D eigenvalue weighted by Crippen LogP contribution is -2.31. The standard InChI is InChI=1S/C22H30N6O.C21H27N5O.C19H24N6O.C18H24BrN5O/c1-8-18-26-19(16(12-23)20(27-18)28(7)13-22(3,4)5)25-17-11-15(21(29)24-6)10-9-14(17)2;1-14-7-8-15(20(27)23-5)11-17(14)25-19-16(12-22)18(9-10-24-19)26(6)13-21(2,3)4;1-12-6-7-13(18(26)21-5)8-15(12)25-17-14(9-20)16(23-11-24-17)22-10-19(2,3)4;1-11-6-7-12(17(25)20-5)8-13(11)24-16-14(19)15(22-10-23-16)21-9-18(2,3)4/h9-11H,8,13H2,1-7H3,(H,24,29)(H,25,26,27);7-11H,13H2,1-6H3,(H,23,27)(H,24,25);6-8,11H,10H2,1-5H3,(H,21,26)(H2,22,23,24,25);6-8,10H,9H2,1-5H3,(H,20,25)(H2,21,22,23,24). The van der Waals surface area contributed by atoms with Crippen molar-refractivity contribution in [3.05, 3.63) is 169 Å². The third-order valence-corrected chi connectivity index (χ3v) is 16.6. The van der Waals surface area contributed by atoms with E-state index < -0.39 is 0 Å². The van der Waals surface area contributed by atoms with Crippen molar-refractivity contribution in [1.82, 2.24) is 56.2 Å². The molecule has 4 aromatic carbocycles. The fraction of sp³-hybridized carbons (Fsp3) is 0.400. The molecule has 4 heterocycles. The molecular formula is C80H105BrN22O4. The van der Waals surface area contributed by atoms with Crippen molar-refractivity contribution in [2.24, 2.45) is 21.7 Å². The molecule has 0 bridgehead atoms. The SMILES string of the molecule is CCc1nc(Nc2cc(C(=O)NC)ccc2C)c(C#N)c(N(C)CC(C)(C)C)n1.CNC(=O)c1ccc(C)c(Nc2nccc(N(C)CC(C)(C)C)c2C#N)c1.CNC(=O)c1ccc(C)c(Nc2ncnc(NCC(C)(C)C)c2Br)c1.CNC(=O)c1ccc(C)c(Nc2ncnc(NCC(C)(C)C)c2C#N)c1. The normalized spacial score (nSPS) is 10.9. The number of hydrogen-bond donors (Lipinski definition) is 10. The molecule has 8 rings (SSSR count). The third kappa shape index (κ3) is 26.0. The van der Waals surface area contributed by atoms with Gasteiger partial charge in [-0.1, -0.05) is 114 Å².